The molecule has 0 radical (unpaired) electrons. The zero-order valence-corrected chi connectivity index (χ0v) is 17.0. The highest BCUT2D eigenvalue weighted by molar-refractivity contribution is 7.99. The molecule has 6 heteroatoms. The van der Waals surface area contributed by atoms with E-state index in [1.54, 1.807) is 0 Å². The summed E-state index contributed by atoms with van der Waals surface area (Å²) in [7, 11) is -0.649. The number of fused-ring (bicyclic) bond motifs is 3. The molecule has 0 spiro atoms. The molecule has 0 amide bonds. The lowest BCUT2D eigenvalue weighted by Crippen LogP contribution is -1.89. The lowest BCUT2D eigenvalue weighted by Gasteiger charge is -2.06. The van der Waals surface area contributed by atoms with Gasteiger partial charge in [-0.15, -0.1) is 0 Å². The van der Waals surface area contributed by atoms with E-state index in [1.807, 2.05) is 48.5 Å². The summed E-state index contributed by atoms with van der Waals surface area (Å²) in [6.45, 7) is 0. The first-order valence-corrected chi connectivity index (χ1v) is 11.1. The number of hydrogen-bond acceptors (Lipinski definition) is 1. The lowest BCUT2D eigenvalue weighted by molar-refractivity contribution is 0.505. The molecule has 0 saturated heterocycles. The third kappa shape index (κ3) is 3.16. The zero-order chi connectivity index (χ0) is 20.8. The number of thiophene rings is 1. The summed E-state index contributed by atoms with van der Waals surface area (Å²) in [5, 5.41) is 2.12. The topological polar surface area (TPSA) is 0 Å². The van der Waals surface area contributed by atoms with Crippen LogP contribution in [0.3, 0.4) is 0 Å². The summed E-state index contributed by atoms with van der Waals surface area (Å²) in [5.74, 6) is -3.85. The van der Waals surface area contributed by atoms with Crippen LogP contribution in [0.2, 0.25) is 0 Å². The Hall–Kier alpha value is -2.83. The van der Waals surface area contributed by atoms with Gasteiger partial charge >= 0.3 is 0 Å². The third-order valence-corrected chi connectivity index (χ3v) is 8.38. The van der Waals surface area contributed by atoms with Gasteiger partial charge < -0.3 is 0 Å². The first-order chi connectivity index (χ1) is 14.5. The number of hydrogen-bond donors (Lipinski definition) is 0. The van der Waals surface area contributed by atoms with Crippen molar-refractivity contribution in [2.45, 2.75) is 9.79 Å². The van der Waals surface area contributed by atoms with Gasteiger partial charge in [0.25, 0.3) is 0 Å². The highest BCUT2D eigenvalue weighted by Gasteiger charge is 2.28. The molecule has 0 nitrogen and oxygen atoms in total. The SMILES string of the molecule is Fc1ccc(Sc2cc(F)c(F)cc2-[s+]2c3ccccc3c3ccccc32)cc1F. The Morgan fingerprint density at radius 3 is 1.77 bits per heavy atom. The van der Waals surface area contributed by atoms with Gasteiger partial charge in [0.2, 0.25) is 0 Å². The van der Waals surface area contributed by atoms with Crippen molar-refractivity contribution in [1.29, 1.82) is 0 Å². The second-order valence-corrected chi connectivity index (χ2v) is 9.74. The molecule has 5 aromatic rings. The standard InChI is InChI=1S/C24H13F4S2/c25-17-10-9-14(11-18(17)26)29-21-12-19(27)20(28)13-24(21)30-22-7-3-1-5-15(22)16-6-2-4-8-23(16)30/h1-13H/q+1. The van der Waals surface area contributed by atoms with Crippen LogP contribution in [-0.2, 0) is 0 Å². The number of rotatable bonds is 3. The molecule has 0 aliphatic heterocycles. The molecule has 1 aromatic heterocycles. The minimum Gasteiger partial charge on any atom is -0.204 e. The fourth-order valence-corrected chi connectivity index (χ4v) is 7.17. The van der Waals surface area contributed by atoms with Gasteiger partial charge in [-0.2, -0.15) is 0 Å². The van der Waals surface area contributed by atoms with E-state index in [0.717, 1.165) is 50.1 Å². The van der Waals surface area contributed by atoms with Crippen LogP contribution in [0, 0.1) is 23.3 Å². The minimum atomic E-state index is -0.983. The van der Waals surface area contributed by atoms with Crippen molar-refractivity contribution >= 4 is 42.4 Å². The van der Waals surface area contributed by atoms with E-state index in [2.05, 4.69) is 0 Å². The maximum atomic E-state index is 14.3. The molecular weight excluding hydrogens is 428 g/mol. The molecule has 0 aliphatic rings. The zero-order valence-electron chi connectivity index (χ0n) is 15.3. The van der Waals surface area contributed by atoms with Gasteiger partial charge in [0.1, 0.15) is 0 Å². The smallest absolute Gasteiger partial charge is 0.196 e. The molecule has 0 N–H and O–H groups in total. The molecule has 0 atom stereocenters. The Kier molecular flexibility index (Phi) is 4.76. The van der Waals surface area contributed by atoms with Crippen molar-refractivity contribution in [2.24, 2.45) is 0 Å². The molecule has 0 bridgehead atoms. The molecule has 0 fully saturated rings. The van der Waals surface area contributed by atoms with E-state index in [1.165, 1.54) is 12.1 Å². The highest BCUT2D eigenvalue weighted by atomic mass is 32.2. The summed E-state index contributed by atoms with van der Waals surface area (Å²) < 4.78 is 57.6. The van der Waals surface area contributed by atoms with Crippen LogP contribution >= 0.6 is 22.2 Å². The minimum absolute atomic E-state index is 0.408. The quantitative estimate of drug-likeness (QED) is 0.200. The molecule has 30 heavy (non-hydrogen) atoms. The van der Waals surface area contributed by atoms with Gasteiger partial charge in [0.05, 0.1) is 4.90 Å². The average molecular weight is 441 g/mol. The van der Waals surface area contributed by atoms with Gasteiger partial charge in [-0.1, -0.05) is 36.0 Å². The summed E-state index contributed by atoms with van der Waals surface area (Å²) >= 11 is 1.09. The molecule has 5 rings (SSSR count). The van der Waals surface area contributed by atoms with E-state index in [-0.39, 0.29) is 0 Å². The van der Waals surface area contributed by atoms with E-state index in [4.69, 9.17) is 0 Å². The van der Waals surface area contributed by atoms with Gasteiger partial charge in [-0.25, -0.2) is 17.6 Å². The fourth-order valence-electron chi connectivity index (χ4n) is 3.51. The molecule has 0 saturated carbocycles. The Bertz CT molecular complexity index is 1370. The lowest BCUT2D eigenvalue weighted by atomic mass is 10.2. The van der Waals surface area contributed by atoms with Crippen molar-refractivity contribution < 1.29 is 17.6 Å². The van der Waals surface area contributed by atoms with Crippen molar-refractivity contribution in [2.75, 3.05) is 0 Å². The van der Waals surface area contributed by atoms with E-state index < -0.39 is 33.7 Å². The largest absolute Gasteiger partial charge is 0.204 e. The maximum Gasteiger partial charge on any atom is 0.196 e. The summed E-state index contributed by atoms with van der Waals surface area (Å²) in [4.78, 5) is 1.49. The van der Waals surface area contributed by atoms with Gasteiger partial charge in [-0.3, -0.25) is 0 Å². The molecule has 4 aromatic carbocycles. The van der Waals surface area contributed by atoms with Gasteiger partial charge in [0.15, 0.2) is 37.6 Å². The van der Waals surface area contributed by atoms with Gasteiger partial charge in [-0.05, 0) is 48.5 Å². The van der Waals surface area contributed by atoms with Crippen molar-refractivity contribution in [3.63, 3.8) is 0 Å². The molecule has 148 valence electrons. The fraction of sp³-hybridized carbons (Fsp3) is 0. The third-order valence-electron chi connectivity index (χ3n) is 4.83. The number of halogens is 4. The normalized spacial score (nSPS) is 11.5. The van der Waals surface area contributed by atoms with Crippen molar-refractivity contribution in [1.82, 2.24) is 0 Å². The first kappa shape index (κ1) is 19.2. The van der Waals surface area contributed by atoms with Crippen LogP contribution < -0.4 is 0 Å². The highest BCUT2D eigenvalue weighted by Crippen LogP contribution is 2.52. The molecule has 0 aliphatic carbocycles. The summed E-state index contributed by atoms with van der Waals surface area (Å²) in [5.41, 5.74) is 0. The Labute approximate surface area is 176 Å². The second kappa shape index (κ2) is 7.45. The first-order valence-electron chi connectivity index (χ1n) is 9.07. The Morgan fingerprint density at radius 1 is 0.567 bits per heavy atom. The van der Waals surface area contributed by atoms with E-state index in [0.29, 0.717) is 14.7 Å². The van der Waals surface area contributed by atoms with E-state index >= 15 is 0 Å². The Morgan fingerprint density at radius 2 is 1.13 bits per heavy atom. The van der Waals surface area contributed by atoms with Crippen LogP contribution in [0.4, 0.5) is 17.6 Å². The molecule has 0 unspecified atom stereocenters. The predicted molar refractivity (Wildman–Crippen MR) is 116 cm³/mol. The molecular formula is C24H13F4S2+. The van der Waals surface area contributed by atoms with Crippen LogP contribution in [0.25, 0.3) is 25.1 Å². The molecule has 1 heterocycles. The maximum absolute atomic E-state index is 14.3. The van der Waals surface area contributed by atoms with Crippen LogP contribution in [0.15, 0.2) is 88.7 Å². The summed E-state index contributed by atoms with van der Waals surface area (Å²) in [6, 6.07) is 21.6. The Balaban J connectivity index is 1.79. The monoisotopic (exact) mass is 441 g/mol. The average Bonchev–Trinajstić information content (AvgIpc) is 3.08. The van der Waals surface area contributed by atoms with E-state index in [9.17, 15) is 17.6 Å². The van der Waals surface area contributed by atoms with Gasteiger partial charge in [0, 0.05) is 32.2 Å². The second-order valence-electron chi connectivity index (χ2n) is 6.69. The van der Waals surface area contributed by atoms with Crippen LogP contribution in [0.5, 0.6) is 0 Å². The number of benzene rings is 4. The van der Waals surface area contributed by atoms with Crippen molar-refractivity contribution in [3.8, 4) is 4.90 Å². The summed E-state index contributed by atoms with van der Waals surface area (Å²) in [6.07, 6.45) is 0. The van der Waals surface area contributed by atoms with Crippen LogP contribution in [-0.4, -0.2) is 0 Å². The van der Waals surface area contributed by atoms with Crippen molar-refractivity contribution in [3.05, 3.63) is 102 Å². The predicted octanol–water partition coefficient (Wildman–Crippen LogP) is 8.44. The van der Waals surface area contributed by atoms with Crippen LogP contribution in [0.1, 0.15) is 0 Å².